The number of rotatable bonds is 10. The van der Waals surface area contributed by atoms with Crippen LogP contribution in [0.3, 0.4) is 0 Å². The minimum absolute atomic E-state index is 0.0395. The molecule has 15 nitrogen and oxygen atoms in total. The molecule has 3 fully saturated rings. The van der Waals surface area contributed by atoms with E-state index in [-0.39, 0.29) is 44.6 Å². The highest BCUT2D eigenvalue weighted by molar-refractivity contribution is 7.91. The molecule has 1 saturated heterocycles. The number of carbonyl (C=O) groups is 6. The zero-order chi connectivity index (χ0) is 41.3. The van der Waals surface area contributed by atoms with Gasteiger partial charge in [-0.25, -0.2) is 18.0 Å². The number of nitrogens with one attached hydrogen (secondary N) is 3. The van der Waals surface area contributed by atoms with Gasteiger partial charge in [0.05, 0.1) is 24.9 Å². The van der Waals surface area contributed by atoms with Crippen LogP contribution in [0.25, 0.3) is 6.08 Å². The van der Waals surface area contributed by atoms with Crippen molar-refractivity contribution in [2.45, 2.75) is 121 Å². The Morgan fingerprint density at radius 2 is 1.86 bits per heavy atom. The third-order valence-corrected chi connectivity index (χ3v) is 13.1. The molecule has 0 aromatic heterocycles. The highest BCUT2D eigenvalue weighted by Crippen LogP contribution is 2.45. The van der Waals surface area contributed by atoms with Gasteiger partial charge in [0.25, 0.3) is 5.91 Å². The molecule has 1 aromatic carbocycles. The highest BCUT2D eigenvalue weighted by Gasteiger charge is 2.62. The Hall–Kier alpha value is -4.99. The molecule has 16 heteroatoms. The summed E-state index contributed by atoms with van der Waals surface area (Å²) in [5.41, 5.74) is 1.61. The summed E-state index contributed by atoms with van der Waals surface area (Å²) in [5, 5.41) is 4.66. The summed E-state index contributed by atoms with van der Waals surface area (Å²) in [7, 11) is -3.95. The summed E-state index contributed by atoms with van der Waals surface area (Å²) in [5.74, 6) is -3.26. The number of alkyl carbamates (subject to hydrolysis) is 1. The topological polar surface area (TPSA) is 198 Å². The summed E-state index contributed by atoms with van der Waals surface area (Å²) in [6.45, 7) is 11.6. The molecule has 3 aliphatic heterocycles. The second-order valence-corrected chi connectivity index (χ2v) is 18.8. The Kier molecular flexibility index (Phi) is 12.0. The van der Waals surface area contributed by atoms with Gasteiger partial charge in [-0.05, 0) is 80.6 Å². The van der Waals surface area contributed by atoms with Gasteiger partial charge in [0, 0.05) is 25.3 Å². The number of allylic oxidation sites excluding steroid dienone is 3. The molecule has 3 N–H and O–H groups in total. The number of nitrogens with zero attached hydrogens (tertiary/aromatic N) is 2. The highest BCUT2D eigenvalue weighted by atomic mass is 32.2. The van der Waals surface area contributed by atoms with Crippen molar-refractivity contribution in [1.82, 2.24) is 25.2 Å². The van der Waals surface area contributed by atoms with Gasteiger partial charge in [-0.15, -0.1) is 6.58 Å². The van der Waals surface area contributed by atoms with Crippen LogP contribution in [0.15, 0.2) is 48.6 Å². The Balaban J connectivity index is 1.30. The first-order chi connectivity index (χ1) is 26.9. The molecule has 5 atom stereocenters. The van der Waals surface area contributed by atoms with Crippen LogP contribution in [0.2, 0.25) is 0 Å². The van der Waals surface area contributed by atoms with Crippen molar-refractivity contribution in [2.24, 2.45) is 11.3 Å². The van der Waals surface area contributed by atoms with Gasteiger partial charge >= 0.3 is 12.2 Å². The predicted molar refractivity (Wildman–Crippen MR) is 209 cm³/mol. The van der Waals surface area contributed by atoms with E-state index < -0.39 is 80.2 Å². The largest absolute Gasteiger partial charge is 0.449 e. The van der Waals surface area contributed by atoms with E-state index in [1.54, 1.807) is 18.7 Å². The van der Waals surface area contributed by atoms with Crippen LogP contribution in [0.5, 0.6) is 0 Å². The van der Waals surface area contributed by atoms with E-state index >= 15 is 0 Å². The number of sulfonamides is 1. The molecule has 2 aliphatic carbocycles. The minimum atomic E-state index is -3.95. The maximum Gasteiger partial charge on any atom is 0.410 e. The SMILES string of the molecule is C=C[C@@H]1C[C@]1(NC(=O)[C@@H]1C[C@@H]2CN1C(=O)[C@H](CCC(=O)C=C(C)C)NC(=O)OCC(C)(C)CCC=Cc1cccc3c1CN(C3)C(=O)O2)C(=O)NS(=O)(=O)C1CC1. The molecule has 6 rings (SSSR count). The van der Waals surface area contributed by atoms with Crippen LogP contribution in [0, 0.1) is 11.3 Å². The lowest BCUT2D eigenvalue weighted by Gasteiger charge is -2.30. The van der Waals surface area contributed by atoms with Crippen molar-refractivity contribution >= 4 is 51.8 Å². The Morgan fingerprint density at radius 3 is 2.54 bits per heavy atom. The molecule has 308 valence electrons. The first kappa shape index (κ1) is 41.6. The lowest BCUT2D eigenvalue weighted by molar-refractivity contribution is -0.141. The molecule has 0 unspecified atom stereocenters. The van der Waals surface area contributed by atoms with Crippen LogP contribution in [0.4, 0.5) is 9.59 Å². The fourth-order valence-corrected chi connectivity index (χ4v) is 9.05. The third-order valence-electron chi connectivity index (χ3n) is 11.2. The number of amides is 5. The molecule has 1 aromatic rings. The first-order valence-corrected chi connectivity index (χ1v) is 21.1. The van der Waals surface area contributed by atoms with Gasteiger partial charge in [-0.1, -0.05) is 55.8 Å². The van der Waals surface area contributed by atoms with Gasteiger partial charge < -0.3 is 25.0 Å². The van der Waals surface area contributed by atoms with Crippen molar-refractivity contribution in [1.29, 1.82) is 0 Å². The number of ketones is 1. The summed E-state index contributed by atoms with van der Waals surface area (Å²) < 4.78 is 39.1. The number of hydrogen-bond acceptors (Lipinski definition) is 10. The molecule has 0 spiro atoms. The van der Waals surface area contributed by atoms with E-state index in [1.165, 1.54) is 17.1 Å². The van der Waals surface area contributed by atoms with Crippen molar-refractivity contribution in [2.75, 3.05) is 13.2 Å². The number of ether oxygens (including phenoxy) is 2. The zero-order valence-corrected chi connectivity index (χ0v) is 33.8. The molecule has 57 heavy (non-hydrogen) atoms. The Bertz CT molecular complexity index is 2000. The van der Waals surface area contributed by atoms with Crippen LogP contribution >= 0.6 is 0 Å². The molecule has 0 radical (unpaired) electrons. The van der Waals surface area contributed by atoms with E-state index in [4.69, 9.17) is 9.47 Å². The molecule has 5 amide bonds. The number of fused-ring (bicyclic) bond motifs is 3. The maximum atomic E-state index is 14.5. The van der Waals surface area contributed by atoms with Crippen molar-refractivity contribution in [3.8, 4) is 0 Å². The second kappa shape index (κ2) is 16.5. The number of benzene rings is 1. The number of cyclic esters (lactones) is 1. The second-order valence-electron chi connectivity index (χ2n) is 16.9. The van der Waals surface area contributed by atoms with Crippen molar-refractivity contribution in [3.05, 3.63) is 65.3 Å². The summed E-state index contributed by atoms with van der Waals surface area (Å²) in [4.78, 5) is 84.8. The van der Waals surface area contributed by atoms with Crippen molar-refractivity contribution < 1.29 is 46.7 Å². The smallest absolute Gasteiger partial charge is 0.410 e. The predicted octanol–water partition coefficient (Wildman–Crippen LogP) is 4.02. The lowest BCUT2D eigenvalue weighted by Crippen LogP contribution is -2.58. The average molecular weight is 808 g/mol. The van der Waals surface area contributed by atoms with Crippen LogP contribution in [-0.4, -0.2) is 96.0 Å². The summed E-state index contributed by atoms with van der Waals surface area (Å²) >= 11 is 0. The molecule has 3 heterocycles. The van der Waals surface area contributed by atoms with E-state index in [9.17, 15) is 37.2 Å². The number of hydrogen-bond donors (Lipinski definition) is 3. The first-order valence-electron chi connectivity index (χ1n) is 19.6. The van der Waals surface area contributed by atoms with Crippen LogP contribution in [0.1, 0.15) is 95.8 Å². The average Bonchev–Trinajstić information content (AvgIpc) is 4.04. The minimum Gasteiger partial charge on any atom is -0.449 e. The van der Waals surface area contributed by atoms with E-state index in [0.29, 0.717) is 38.8 Å². The standard InChI is InChI=1S/C41H53N5O10S/c1-6-28-20-41(28,37(50)44-57(53,54)31-14-15-31)43-35(48)34-19-30-22-46(34)36(49)33(16-13-29(47)18-25(2)3)42-38(51)55-24-40(4,5)17-8-7-10-26-11-9-12-27-21-45(23-32(26)27)39(52)56-30/h6-7,9-12,18,28,30-31,33-34H,1,8,13-17,19-24H2,2-5H3,(H,42,51)(H,43,48)(H,44,50)/t28-,30-,33+,34+,41-/m1/s1. The Morgan fingerprint density at radius 1 is 1.11 bits per heavy atom. The normalized spacial score (nSPS) is 27.3. The third kappa shape index (κ3) is 9.77. The molecule has 2 saturated carbocycles. The van der Waals surface area contributed by atoms with Gasteiger partial charge in [0.1, 0.15) is 23.7 Å². The maximum absolute atomic E-state index is 14.5. The monoisotopic (exact) mass is 807 g/mol. The summed E-state index contributed by atoms with van der Waals surface area (Å²) in [6.07, 6.45) is 6.37. The van der Waals surface area contributed by atoms with Crippen LogP contribution < -0.4 is 15.4 Å². The fraction of sp³-hybridized carbons (Fsp3) is 0.561. The zero-order valence-electron chi connectivity index (χ0n) is 33.0. The van der Waals surface area contributed by atoms with Gasteiger partial charge in [0.15, 0.2) is 5.78 Å². The molecular formula is C41H53N5O10S. The van der Waals surface area contributed by atoms with Gasteiger partial charge in [-0.3, -0.25) is 28.8 Å². The number of carbonyl (C=O) groups excluding carboxylic acids is 6. The van der Waals surface area contributed by atoms with Gasteiger partial charge in [-0.2, -0.15) is 0 Å². The van der Waals surface area contributed by atoms with Crippen LogP contribution in [-0.2, 0) is 51.8 Å². The van der Waals surface area contributed by atoms with E-state index in [0.717, 1.165) is 22.3 Å². The van der Waals surface area contributed by atoms with E-state index in [2.05, 4.69) is 21.9 Å². The molecule has 5 aliphatic rings. The molecular weight excluding hydrogens is 755 g/mol. The lowest BCUT2D eigenvalue weighted by atomic mass is 9.88. The van der Waals surface area contributed by atoms with Gasteiger partial charge in [0.2, 0.25) is 21.8 Å². The Labute approximate surface area is 333 Å². The fourth-order valence-electron chi connectivity index (χ4n) is 7.68. The summed E-state index contributed by atoms with van der Waals surface area (Å²) in [6, 6.07) is 3.24. The van der Waals surface area contributed by atoms with E-state index in [1.807, 2.05) is 44.2 Å². The quantitative estimate of drug-likeness (QED) is 0.229. The van der Waals surface area contributed by atoms with Crippen molar-refractivity contribution in [3.63, 3.8) is 0 Å². The molecule has 4 bridgehead atoms.